The molecule has 0 aromatic rings. The Labute approximate surface area is 81.1 Å². The van der Waals surface area contributed by atoms with Gasteiger partial charge in [-0.3, -0.25) is 0 Å². The number of fused-ring (bicyclic) bond motifs is 1. The third kappa shape index (κ3) is 1.03. The van der Waals surface area contributed by atoms with Gasteiger partial charge >= 0.3 is 0 Å². The maximum Gasteiger partial charge on any atom is 0.0160 e. The summed E-state index contributed by atoms with van der Waals surface area (Å²) in [6, 6.07) is 0. The van der Waals surface area contributed by atoms with Crippen LogP contribution in [0.4, 0.5) is 0 Å². The monoisotopic (exact) mass is 179 g/mol. The second-order valence-corrected chi connectivity index (χ2v) is 5.80. The molecule has 1 heteroatoms. The van der Waals surface area contributed by atoms with Crippen molar-refractivity contribution >= 4 is 0 Å². The van der Waals surface area contributed by atoms with Crippen LogP contribution in [-0.2, 0) is 0 Å². The van der Waals surface area contributed by atoms with Gasteiger partial charge in [0.2, 0.25) is 0 Å². The number of nitrogens with two attached hydrogens (primary N) is 1. The van der Waals surface area contributed by atoms with E-state index in [1.165, 1.54) is 38.5 Å². The molecule has 0 aromatic carbocycles. The molecule has 4 aliphatic carbocycles. The minimum absolute atomic E-state index is 0.292. The molecule has 0 saturated heterocycles. The zero-order valence-electron chi connectivity index (χ0n) is 8.63. The van der Waals surface area contributed by atoms with Gasteiger partial charge in [-0.05, 0) is 55.8 Å². The number of rotatable bonds is 1. The highest BCUT2D eigenvalue weighted by molar-refractivity contribution is 5.08. The highest BCUT2D eigenvalue weighted by Gasteiger charge is 2.55. The fourth-order valence-electron chi connectivity index (χ4n) is 4.26. The Morgan fingerprint density at radius 3 is 2.77 bits per heavy atom. The van der Waals surface area contributed by atoms with E-state index in [4.69, 9.17) is 5.73 Å². The molecule has 0 radical (unpaired) electrons. The summed E-state index contributed by atoms with van der Waals surface area (Å²) in [6.45, 7) is 2.36. The van der Waals surface area contributed by atoms with Crippen LogP contribution in [0.1, 0.15) is 45.4 Å². The standard InChI is InChI=1S/C12H21N/c1-2-8-5-11-9-6-12(13,7-9)4-3-10(8)11/h8-11H,2-7,13H2,1H3/t8-,9?,10-,11-,12?/m0/s1. The van der Waals surface area contributed by atoms with Gasteiger partial charge in [-0.1, -0.05) is 13.3 Å². The molecule has 0 unspecified atom stereocenters. The van der Waals surface area contributed by atoms with Crippen LogP contribution in [-0.4, -0.2) is 5.54 Å². The number of hydrogen-bond donors (Lipinski definition) is 1. The smallest absolute Gasteiger partial charge is 0.0160 e. The molecule has 74 valence electrons. The lowest BCUT2D eigenvalue weighted by atomic mass is 9.55. The first kappa shape index (κ1) is 8.28. The van der Waals surface area contributed by atoms with Crippen molar-refractivity contribution in [3.8, 4) is 0 Å². The van der Waals surface area contributed by atoms with Crippen molar-refractivity contribution in [2.45, 2.75) is 51.0 Å². The van der Waals surface area contributed by atoms with Gasteiger partial charge in [0.25, 0.3) is 0 Å². The van der Waals surface area contributed by atoms with E-state index in [1.807, 2.05) is 0 Å². The molecule has 2 N–H and O–H groups in total. The Bertz CT molecular complexity index is 217. The van der Waals surface area contributed by atoms with Gasteiger partial charge in [-0.25, -0.2) is 0 Å². The Morgan fingerprint density at radius 2 is 2.08 bits per heavy atom. The molecule has 2 bridgehead atoms. The Hall–Kier alpha value is -0.0400. The van der Waals surface area contributed by atoms with Crippen molar-refractivity contribution in [3.63, 3.8) is 0 Å². The predicted octanol–water partition coefficient (Wildman–Crippen LogP) is 2.55. The summed E-state index contributed by atoms with van der Waals surface area (Å²) in [5, 5.41) is 0. The van der Waals surface area contributed by atoms with Crippen molar-refractivity contribution in [3.05, 3.63) is 0 Å². The van der Waals surface area contributed by atoms with Crippen LogP contribution in [0.15, 0.2) is 0 Å². The molecule has 4 aliphatic rings. The molecule has 4 fully saturated rings. The SMILES string of the molecule is CC[C@H]1C[C@H]2C3CC(N)(CC[C@@H]12)C3. The summed E-state index contributed by atoms with van der Waals surface area (Å²) in [7, 11) is 0. The molecule has 0 aliphatic heterocycles. The van der Waals surface area contributed by atoms with Gasteiger partial charge < -0.3 is 5.73 Å². The van der Waals surface area contributed by atoms with Crippen LogP contribution < -0.4 is 5.73 Å². The zero-order chi connectivity index (χ0) is 9.05. The average Bonchev–Trinajstić information content (AvgIpc) is 2.14. The molecule has 4 saturated carbocycles. The fraction of sp³-hybridized carbons (Fsp3) is 1.00. The minimum Gasteiger partial charge on any atom is -0.325 e. The highest BCUT2D eigenvalue weighted by Crippen LogP contribution is 2.60. The van der Waals surface area contributed by atoms with E-state index >= 15 is 0 Å². The van der Waals surface area contributed by atoms with Gasteiger partial charge in [0, 0.05) is 5.54 Å². The topological polar surface area (TPSA) is 26.0 Å². The normalized spacial score (nSPS) is 58.6. The lowest BCUT2D eigenvalue weighted by molar-refractivity contribution is -0.00660. The molecular weight excluding hydrogens is 158 g/mol. The van der Waals surface area contributed by atoms with E-state index in [1.54, 1.807) is 0 Å². The first-order valence-corrected chi connectivity index (χ1v) is 6.01. The Kier molecular flexibility index (Phi) is 1.59. The van der Waals surface area contributed by atoms with Crippen LogP contribution in [0.5, 0.6) is 0 Å². The van der Waals surface area contributed by atoms with Crippen LogP contribution in [0, 0.1) is 23.7 Å². The third-order valence-corrected chi connectivity index (χ3v) is 5.17. The van der Waals surface area contributed by atoms with Crippen molar-refractivity contribution in [1.82, 2.24) is 0 Å². The van der Waals surface area contributed by atoms with Gasteiger partial charge in [0.15, 0.2) is 0 Å². The largest absolute Gasteiger partial charge is 0.325 e. The second kappa shape index (κ2) is 2.50. The Morgan fingerprint density at radius 1 is 1.31 bits per heavy atom. The van der Waals surface area contributed by atoms with Crippen molar-refractivity contribution in [1.29, 1.82) is 0 Å². The van der Waals surface area contributed by atoms with E-state index in [0.29, 0.717) is 5.54 Å². The summed E-state index contributed by atoms with van der Waals surface area (Å²) in [6.07, 6.45) is 8.40. The van der Waals surface area contributed by atoms with E-state index < -0.39 is 0 Å². The molecule has 1 nitrogen and oxygen atoms in total. The maximum absolute atomic E-state index is 6.28. The van der Waals surface area contributed by atoms with Gasteiger partial charge in [-0.2, -0.15) is 0 Å². The summed E-state index contributed by atoms with van der Waals surface area (Å²) >= 11 is 0. The lowest BCUT2D eigenvalue weighted by Crippen LogP contribution is -2.53. The van der Waals surface area contributed by atoms with E-state index in [0.717, 1.165) is 23.7 Å². The molecule has 0 heterocycles. The summed E-state index contributed by atoms with van der Waals surface area (Å²) in [4.78, 5) is 0. The molecule has 0 spiro atoms. The lowest BCUT2D eigenvalue weighted by Gasteiger charge is -2.52. The Balaban J connectivity index is 1.74. The third-order valence-electron chi connectivity index (χ3n) is 5.17. The summed E-state index contributed by atoms with van der Waals surface area (Å²) in [5.74, 6) is 4.25. The quantitative estimate of drug-likeness (QED) is 0.657. The average molecular weight is 179 g/mol. The zero-order valence-corrected chi connectivity index (χ0v) is 8.63. The first-order valence-electron chi connectivity index (χ1n) is 6.01. The second-order valence-electron chi connectivity index (χ2n) is 5.80. The summed E-state index contributed by atoms with van der Waals surface area (Å²) < 4.78 is 0. The molecule has 3 atom stereocenters. The first-order chi connectivity index (χ1) is 6.22. The van der Waals surface area contributed by atoms with Crippen molar-refractivity contribution < 1.29 is 0 Å². The van der Waals surface area contributed by atoms with E-state index in [-0.39, 0.29) is 0 Å². The molecule has 0 aromatic heterocycles. The van der Waals surface area contributed by atoms with Gasteiger partial charge in [-0.15, -0.1) is 0 Å². The van der Waals surface area contributed by atoms with Crippen LogP contribution in [0.3, 0.4) is 0 Å². The maximum atomic E-state index is 6.28. The summed E-state index contributed by atoms with van der Waals surface area (Å²) in [5.41, 5.74) is 6.57. The molecular formula is C12H21N. The molecule has 0 amide bonds. The van der Waals surface area contributed by atoms with E-state index in [9.17, 15) is 0 Å². The van der Waals surface area contributed by atoms with Gasteiger partial charge in [0.1, 0.15) is 0 Å². The van der Waals surface area contributed by atoms with Crippen molar-refractivity contribution in [2.24, 2.45) is 29.4 Å². The van der Waals surface area contributed by atoms with Crippen molar-refractivity contribution in [2.75, 3.05) is 0 Å². The highest BCUT2D eigenvalue weighted by atomic mass is 14.8. The van der Waals surface area contributed by atoms with Crippen LogP contribution in [0.25, 0.3) is 0 Å². The molecule has 4 rings (SSSR count). The number of hydrogen-bond acceptors (Lipinski definition) is 1. The van der Waals surface area contributed by atoms with Crippen LogP contribution in [0.2, 0.25) is 0 Å². The minimum atomic E-state index is 0.292. The van der Waals surface area contributed by atoms with Gasteiger partial charge in [0.05, 0.1) is 0 Å². The predicted molar refractivity (Wildman–Crippen MR) is 54.3 cm³/mol. The van der Waals surface area contributed by atoms with E-state index in [2.05, 4.69) is 6.92 Å². The van der Waals surface area contributed by atoms with Crippen LogP contribution >= 0.6 is 0 Å². The fourth-order valence-corrected chi connectivity index (χ4v) is 4.26. The molecule has 13 heavy (non-hydrogen) atoms.